The molecule has 0 N–H and O–H groups in total. The number of para-hydroxylation sites is 2. The fourth-order valence-corrected chi connectivity index (χ4v) is 3.60. The average Bonchev–Trinajstić information content (AvgIpc) is 3.39. The molecule has 1 aliphatic rings. The number of aromatic nitrogens is 1. The van der Waals surface area contributed by atoms with E-state index >= 15 is 0 Å². The van der Waals surface area contributed by atoms with E-state index in [1.54, 1.807) is 26.0 Å². The first-order valence-corrected chi connectivity index (χ1v) is 9.93. The van der Waals surface area contributed by atoms with Gasteiger partial charge in [-0.1, -0.05) is 12.1 Å². The number of aliphatic imine (C=N–C) groups is 1. The second-order valence-corrected chi connectivity index (χ2v) is 7.73. The number of carbonyl (C=O) groups is 2. The summed E-state index contributed by atoms with van der Waals surface area (Å²) in [6.07, 6.45) is 1.92. The van der Waals surface area contributed by atoms with E-state index in [2.05, 4.69) is 9.98 Å². The van der Waals surface area contributed by atoms with Gasteiger partial charge in [-0.15, -0.1) is 0 Å². The lowest BCUT2D eigenvalue weighted by Crippen LogP contribution is -2.31. The van der Waals surface area contributed by atoms with Crippen molar-refractivity contribution in [1.82, 2.24) is 9.88 Å². The molecule has 4 rings (SSSR count). The van der Waals surface area contributed by atoms with E-state index in [1.165, 1.54) is 4.90 Å². The maximum atomic E-state index is 12.9. The number of hydrogen-bond acceptors (Lipinski definition) is 4. The van der Waals surface area contributed by atoms with Crippen LogP contribution in [-0.4, -0.2) is 48.7 Å². The Kier molecular flexibility index (Phi) is 5.35. The second-order valence-electron chi connectivity index (χ2n) is 7.73. The van der Waals surface area contributed by atoms with Crippen LogP contribution >= 0.6 is 0 Å². The normalized spacial score (nSPS) is 17.4. The van der Waals surface area contributed by atoms with E-state index in [4.69, 9.17) is 4.42 Å². The van der Waals surface area contributed by atoms with Crippen LogP contribution in [0.5, 0.6) is 0 Å². The predicted molar refractivity (Wildman–Crippen MR) is 117 cm³/mol. The molecule has 1 saturated carbocycles. The minimum Gasteiger partial charge on any atom is -0.436 e. The highest BCUT2D eigenvalue weighted by Crippen LogP contribution is 2.29. The molecule has 2 aromatic carbocycles. The highest BCUT2D eigenvalue weighted by Gasteiger charge is 2.30. The number of carbonyl (C=O) groups excluding carboxylic acids is 2. The molecule has 0 unspecified atom stereocenters. The number of benzene rings is 2. The molecule has 30 heavy (non-hydrogen) atoms. The number of nitrogens with zero attached hydrogens (tertiary/aromatic N) is 4. The van der Waals surface area contributed by atoms with Gasteiger partial charge < -0.3 is 14.2 Å². The van der Waals surface area contributed by atoms with Crippen LogP contribution in [0.2, 0.25) is 0 Å². The number of fused-ring (bicyclic) bond motifs is 1. The molecule has 1 atom stereocenters. The Morgan fingerprint density at radius 2 is 1.80 bits per heavy atom. The van der Waals surface area contributed by atoms with Gasteiger partial charge in [0, 0.05) is 44.0 Å². The van der Waals surface area contributed by atoms with Crippen molar-refractivity contribution in [2.45, 2.75) is 19.3 Å². The third kappa shape index (κ3) is 3.96. The lowest BCUT2D eigenvalue weighted by Gasteiger charge is -2.21. The van der Waals surface area contributed by atoms with Crippen molar-refractivity contribution in [3.63, 3.8) is 0 Å². The molecule has 7 heteroatoms. The van der Waals surface area contributed by atoms with Gasteiger partial charge in [0.1, 0.15) is 5.52 Å². The number of hydrogen-bond donors (Lipinski definition) is 0. The molecule has 1 fully saturated rings. The van der Waals surface area contributed by atoms with Gasteiger partial charge in [-0.25, -0.2) is 14.8 Å². The summed E-state index contributed by atoms with van der Waals surface area (Å²) in [7, 11) is 5.11. The second kappa shape index (κ2) is 8.10. The standard InChI is InChI=1S/C23H24N4O3/c1-26(2)23(29)24-17-11-8-16(14-17)22(28)27(3)18-12-9-15(10-13-18)21-25-19-6-4-5-7-20(19)30-21/h4-7,9-10,12-13,16H,8,11,14H2,1-3H3/b24-17-/t16-/m1/s1. The summed E-state index contributed by atoms with van der Waals surface area (Å²) < 4.78 is 5.81. The van der Waals surface area contributed by atoms with Crippen molar-refractivity contribution in [1.29, 1.82) is 0 Å². The molecule has 1 aromatic heterocycles. The van der Waals surface area contributed by atoms with Gasteiger partial charge in [0.25, 0.3) is 0 Å². The number of anilines is 1. The van der Waals surface area contributed by atoms with Crippen LogP contribution in [0.15, 0.2) is 57.9 Å². The maximum Gasteiger partial charge on any atom is 0.342 e. The Morgan fingerprint density at radius 1 is 1.07 bits per heavy atom. The molecular formula is C23H24N4O3. The topological polar surface area (TPSA) is 79.0 Å². The molecule has 1 aliphatic carbocycles. The van der Waals surface area contributed by atoms with E-state index in [0.29, 0.717) is 25.2 Å². The zero-order valence-electron chi connectivity index (χ0n) is 17.3. The van der Waals surface area contributed by atoms with E-state index < -0.39 is 0 Å². The molecule has 154 valence electrons. The van der Waals surface area contributed by atoms with Crippen molar-refractivity contribution in [3.8, 4) is 11.5 Å². The molecule has 0 aliphatic heterocycles. The summed E-state index contributed by atoms with van der Waals surface area (Å²) in [5.74, 6) is 0.437. The van der Waals surface area contributed by atoms with Crippen molar-refractivity contribution in [2.24, 2.45) is 10.9 Å². The van der Waals surface area contributed by atoms with Gasteiger partial charge in [-0.3, -0.25) is 4.79 Å². The zero-order valence-corrected chi connectivity index (χ0v) is 17.3. The van der Waals surface area contributed by atoms with Gasteiger partial charge >= 0.3 is 6.03 Å². The Balaban J connectivity index is 1.45. The fourth-order valence-electron chi connectivity index (χ4n) is 3.60. The average molecular weight is 404 g/mol. The van der Waals surface area contributed by atoms with E-state index in [0.717, 1.165) is 28.1 Å². The first-order chi connectivity index (χ1) is 14.4. The van der Waals surface area contributed by atoms with Crippen LogP contribution in [0.25, 0.3) is 22.6 Å². The Bertz CT molecular complexity index is 1080. The third-order valence-electron chi connectivity index (χ3n) is 5.37. The number of rotatable bonds is 3. The van der Waals surface area contributed by atoms with Crippen molar-refractivity contribution >= 4 is 34.4 Å². The molecule has 0 saturated heterocycles. The monoisotopic (exact) mass is 404 g/mol. The van der Waals surface area contributed by atoms with Gasteiger partial charge in [-0.2, -0.15) is 0 Å². The summed E-state index contributed by atoms with van der Waals surface area (Å²) in [6, 6.07) is 14.9. The third-order valence-corrected chi connectivity index (χ3v) is 5.37. The van der Waals surface area contributed by atoms with Crippen LogP contribution in [0, 0.1) is 5.92 Å². The Morgan fingerprint density at radius 3 is 2.50 bits per heavy atom. The first kappa shape index (κ1) is 19.8. The smallest absolute Gasteiger partial charge is 0.342 e. The lowest BCUT2D eigenvalue weighted by atomic mass is 10.1. The van der Waals surface area contributed by atoms with Crippen molar-refractivity contribution in [2.75, 3.05) is 26.0 Å². The minimum atomic E-state index is -0.277. The molecule has 0 radical (unpaired) electrons. The van der Waals surface area contributed by atoms with Crippen molar-refractivity contribution in [3.05, 3.63) is 48.5 Å². The fraction of sp³-hybridized carbons (Fsp3) is 0.304. The van der Waals surface area contributed by atoms with E-state index in [1.807, 2.05) is 48.5 Å². The highest BCUT2D eigenvalue weighted by atomic mass is 16.3. The van der Waals surface area contributed by atoms with Crippen LogP contribution in [0.3, 0.4) is 0 Å². The Hall–Kier alpha value is -3.48. The van der Waals surface area contributed by atoms with Gasteiger partial charge in [-0.05, 0) is 55.7 Å². The Labute approximate surface area is 175 Å². The van der Waals surface area contributed by atoms with Crippen LogP contribution < -0.4 is 4.90 Å². The SMILES string of the molecule is CN(C)C(=O)/N=C1/CC[C@@H](C(=O)N(C)c2ccc(-c3nc4ccccc4o3)cc2)C1. The molecular weight excluding hydrogens is 380 g/mol. The summed E-state index contributed by atoms with van der Waals surface area (Å²) in [6.45, 7) is 0. The largest absolute Gasteiger partial charge is 0.436 e. The summed E-state index contributed by atoms with van der Waals surface area (Å²) in [5, 5.41) is 0. The molecule has 0 spiro atoms. The summed E-state index contributed by atoms with van der Waals surface area (Å²) in [5.41, 5.74) is 4.01. The number of amides is 3. The van der Waals surface area contributed by atoms with Gasteiger partial charge in [0.15, 0.2) is 5.58 Å². The van der Waals surface area contributed by atoms with Crippen LogP contribution in [0.4, 0.5) is 10.5 Å². The van der Waals surface area contributed by atoms with E-state index in [9.17, 15) is 9.59 Å². The molecule has 3 aromatic rings. The molecule has 0 bridgehead atoms. The maximum absolute atomic E-state index is 12.9. The molecule has 1 heterocycles. The highest BCUT2D eigenvalue weighted by molar-refractivity contribution is 6.03. The summed E-state index contributed by atoms with van der Waals surface area (Å²) >= 11 is 0. The minimum absolute atomic E-state index is 0.0344. The molecule has 3 amide bonds. The quantitative estimate of drug-likeness (QED) is 0.649. The lowest BCUT2D eigenvalue weighted by molar-refractivity contribution is -0.121. The molecule has 7 nitrogen and oxygen atoms in total. The number of oxazole rings is 1. The number of urea groups is 1. The van der Waals surface area contributed by atoms with Crippen LogP contribution in [0.1, 0.15) is 19.3 Å². The predicted octanol–water partition coefficient (Wildman–Crippen LogP) is 4.38. The first-order valence-electron chi connectivity index (χ1n) is 9.93. The summed E-state index contributed by atoms with van der Waals surface area (Å²) in [4.78, 5) is 36.4. The van der Waals surface area contributed by atoms with Crippen molar-refractivity contribution < 1.29 is 14.0 Å². The van der Waals surface area contributed by atoms with Gasteiger partial charge in [0.05, 0.1) is 0 Å². The van der Waals surface area contributed by atoms with Crippen LogP contribution in [-0.2, 0) is 4.79 Å². The van der Waals surface area contributed by atoms with Gasteiger partial charge in [0.2, 0.25) is 11.8 Å². The zero-order chi connectivity index (χ0) is 21.3. The van der Waals surface area contributed by atoms with E-state index in [-0.39, 0.29) is 17.9 Å².